The minimum Gasteiger partial charge on any atom is -0.438 e. The molecule has 0 aliphatic carbocycles. The fourth-order valence-electron chi connectivity index (χ4n) is 2.35. The van der Waals surface area contributed by atoms with Crippen molar-refractivity contribution in [2.45, 2.75) is 0 Å². The molecule has 0 radical (unpaired) electrons. The van der Waals surface area contributed by atoms with Crippen LogP contribution in [0.25, 0.3) is 0 Å². The molecule has 2 N–H and O–H groups in total. The van der Waals surface area contributed by atoms with Crippen molar-refractivity contribution in [1.82, 2.24) is 0 Å². The third-order valence-electron chi connectivity index (χ3n) is 3.59. The molecule has 0 amide bonds. The average molecular weight is 330 g/mol. The lowest BCUT2D eigenvalue weighted by molar-refractivity contribution is 0.0999. The summed E-state index contributed by atoms with van der Waals surface area (Å²) < 4.78 is 6.03. The van der Waals surface area contributed by atoms with E-state index in [2.05, 4.69) is 4.99 Å². The molecular formula is C21H18N2O2. The summed E-state index contributed by atoms with van der Waals surface area (Å²) >= 11 is 0. The van der Waals surface area contributed by atoms with E-state index in [1.807, 2.05) is 66.7 Å². The van der Waals surface area contributed by atoms with Gasteiger partial charge in [0.25, 0.3) is 0 Å². The lowest BCUT2D eigenvalue weighted by Gasteiger charge is -2.12. The summed E-state index contributed by atoms with van der Waals surface area (Å²) in [6.45, 7) is -0.0725. The second-order valence-electron chi connectivity index (χ2n) is 5.34. The maximum absolute atomic E-state index is 12.1. The quantitative estimate of drug-likeness (QED) is 0.437. The Morgan fingerprint density at radius 2 is 1.44 bits per heavy atom. The summed E-state index contributed by atoms with van der Waals surface area (Å²) in [5.74, 6) is 0.684. The maximum atomic E-state index is 12.1. The van der Waals surface area contributed by atoms with Crippen molar-refractivity contribution in [3.63, 3.8) is 0 Å². The molecule has 0 atom stereocenters. The third kappa shape index (κ3) is 4.19. The Kier molecular flexibility index (Phi) is 5.34. The molecule has 0 saturated carbocycles. The lowest BCUT2D eigenvalue weighted by atomic mass is 10.1. The molecule has 0 aliphatic heterocycles. The first kappa shape index (κ1) is 16.6. The summed E-state index contributed by atoms with van der Waals surface area (Å²) in [4.78, 5) is 16.7. The fourth-order valence-corrected chi connectivity index (χ4v) is 2.35. The molecule has 0 spiro atoms. The number of ketones is 1. The number of carbonyl (C=O) groups is 1. The predicted octanol–water partition coefficient (Wildman–Crippen LogP) is 3.99. The van der Waals surface area contributed by atoms with Gasteiger partial charge < -0.3 is 10.5 Å². The fraction of sp³-hybridized carbons (Fsp3) is 0.0476. The Labute approximate surface area is 146 Å². The monoisotopic (exact) mass is 330 g/mol. The Morgan fingerprint density at radius 1 is 0.840 bits per heavy atom. The zero-order valence-corrected chi connectivity index (χ0v) is 13.6. The highest BCUT2D eigenvalue weighted by Crippen LogP contribution is 2.22. The van der Waals surface area contributed by atoms with E-state index in [1.54, 1.807) is 18.2 Å². The first-order chi connectivity index (χ1) is 12.3. The topological polar surface area (TPSA) is 64.7 Å². The summed E-state index contributed by atoms with van der Waals surface area (Å²) in [6.07, 6.45) is 0. The van der Waals surface area contributed by atoms with E-state index in [-0.39, 0.29) is 12.3 Å². The van der Waals surface area contributed by atoms with Crippen LogP contribution in [-0.2, 0) is 0 Å². The van der Waals surface area contributed by atoms with Crippen molar-refractivity contribution >= 4 is 17.4 Å². The van der Waals surface area contributed by atoms with Crippen LogP contribution in [-0.4, -0.2) is 18.2 Å². The van der Waals surface area contributed by atoms with Crippen molar-refractivity contribution in [2.75, 3.05) is 6.54 Å². The number of Topliss-reactive ketones (excluding diaryl/α,β-unsaturated/α-hetero) is 1. The summed E-state index contributed by atoms with van der Waals surface area (Å²) in [6, 6.07) is 26.2. The van der Waals surface area contributed by atoms with Crippen LogP contribution in [0.5, 0.6) is 5.75 Å². The van der Waals surface area contributed by atoms with E-state index in [9.17, 15) is 4.79 Å². The van der Waals surface area contributed by atoms with Crippen LogP contribution in [0.1, 0.15) is 15.9 Å². The molecule has 0 aromatic heterocycles. The first-order valence-corrected chi connectivity index (χ1v) is 7.97. The third-order valence-corrected chi connectivity index (χ3v) is 3.59. The van der Waals surface area contributed by atoms with E-state index in [0.29, 0.717) is 17.2 Å². The van der Waals surface area contributed by atoms with Crippen LogP contribution < -0.4 is 10.5 Å². The first-order valence-electron chi connectivity index (χ1n) is 7.97. The van der Waals surface area contributed by atoms with Crippen molar-refractivity contribution in [3.05, 3.63) is 96.1 Å². The smallest absolute Gasteiger partial charge is 0.227 e. The summed E-state index contributed by atoms with van der Waals surface area (Å²) in [7, 11) is 0. The number of hydrogen-bond donors (Lipinski definition) is 1. The van der Waals surface area contributed by atoms with Gasteiger partial charge in [0.05, 0.1) is 17.8 Å². The number of aliphatic imine (C=N–C) groups is 1. The molecular weight excluding hydrogens is 312 g/mol. The van der Waals surface area contributed by atoms with Gasteiger partial charge in [0.15, 0.2) is 5.78 Å². The highest BCUT2D eigenvalue weighted by Gasteiger charge is 2.14. The molecule has 0 fully saturated rings. The second-order valence-corrected chi connectivity index (χ2v) is 5.34. The Hall–Kier alpha value is -3.24. The van der Waals surface area contributed by atoms with Crippen LogP contribution >= 0.6 is 0 Å². The van der Waals surface area contributed by atoms with Gasteiger partial charge in [-0.05, 0) is 36.4 Å². The standard InChI is InChI=1S/C21H18N2O2/c22-15-19(24)18-13-7-8-14-20(18)25-21(16-9-3-1-4-10-16)23-17-11-5-2-6-12-17/h1-14H,15,22H2. The lowest BCUT2D eigenvalue weighted by Crippen LogP contribution is -2.17. The molecule has 0 saturated heterocycles. The molecule has 4 heteroatoms. The minimum absolute atomic E-state index is 0.0725. The molecule has 0 heterocycles. The van der Waals surface area contributed by atoms with Crippen LogP contribution in [0.15, 0.2) is 89.9 Å². The average Bonchev–Trinajstić information content (AvgIpc) is 2.69. The molecule has 4 nitrogen and oxygen atoms in total. The molecule has 3 rings (SSSR count). The van der Waals surface area contributed by atoms with E-state index in [0.717, 1.165) is 11.3 Å². The molecule has 124 valence electrons. The Balaban J connectivity index is 2.03. The van der Waals surface area contributed by atoms with Gasteiger partial charge in [-0.15, -0.1) is 0 Å². The van der Waals surface area contributed by atoms with Gasteiger partial charge in [-0.1, -0.05) is 48.5 Å². The molecule has 25 heavy (non-hydrogen) atoms. The number of hydrogen-bond acceptors (Lipinski definition) is 4. The molecule has 0 unspecified atom stereocenters. The number of carbonyl (C=O) groups excluding carboxylic acids is 1. The number of para-hydroxylation sites is 2. The normalized spacial score (nSPS) is 11.2. The SMILES string of the molecule is NCC(=O)c1ccccc1OC(=Nc1ccccc1)c1ccccc1. The second kappa shape index (κ2) is 8.04. The zero-order chi connectivity index (χ0) is 17.5. The molecule has 3 aromatic rings. The highest BCUT2D eigenvalue weighted by atomic mass is 16.5. The number of ether oxygens (including phenoxy) is 1. The minimum atomic E-state index is -0.178. The van der Waals surface area contributed by atoms with Gasteiger partial charge in [-0.3, -0.25) is 4.79 Å². The van der Waals surface area contributed by atoms with Crippen LogP contribution in [0.3, 0.4) is 0 Å². The largest absolute Gasteiger partial charge is 0.438 e. The van der Waals surface area contributed by atoms with Crippen LogP contribution in [0.2, 0.25) is 0 Å². The summed E-state index contributed by atoms with van der Waals surface area (Å²) in [5.41, 5.74) is 7.54. The molecule has 0 aliphatic rings. The Morgan fingerprint density at radius 3 is 2.12 bits per heavy atom. The zero-order valence-electron chi connectivity index (χ0n) is 13.6. The van der Waals surface area contributed by atoms with E-state index >= 15 is 0 Å². The van der Waals surface area contributed by atoms with Gasteiger partial charge in [0.1, 0.15) is 5.75 Å². The Bertz CT molecular complexity index is 875. The van der Waals surface area contributed by atoms with E-state index in [4.69, 9.17) is 10.5 Å². The van der Waals surface area contributed by atoms with Crippen molar-refractivity contribution < 1.29 is 9.53 Å². The summed E-state index contributed by atoms with van der Waals surface area (Å²) in [5, 5.41) is 0. The molecule has 3 aromatic carbocycles. The van der Waals surface area contributed by atoms with Gasteiger partial charge in [-0.2, -0.15) is 0 Å². The number of benzene rings is 3. The van der Waals surface area contributed by atoms with Gasteiger partial charge in [0.2, 0.25) is 5.90 Å². The van der Waals surface area contributed by atoms with E-state index < -0.39 is 0 Å². The number of nitrogens with two attached hydrogens (primary N) is 1. The number of rotatable bonds is 5. The van der Waals surface area contributed by atoms with Crippen molar-refractivity contribution in [3.8, 4) is 5.75 Å². The van der Waals surface area contributed by atoms with Crippen molar-refractivity contribution in [1.29, 1.82) is 0 Å². The van der Waals surface area contributed by atoms with Gasteiger partial charge in [0, 0.05) is 5.56 Å². The van der Waals surface area contributed by atoms with E-state index in [1.165, 1.54) is 0 Å². The van der Waals surface area contributed by atoms with Crippen LogP contribution in [0.4, 0.5) is 5.69 Å². The molecule has 0 bridgehead atoms. The maximum Gasteiger partial charge on any atom is 0.227 e. The van der Waals surface area contributed by atoms with Crippen molar-refractivity contribution in [2.24, 2.45) is 10.7 Å². The predicted molar refractivity (Wildman–Crippen MR) is 99.5 cm³/mol. The van der Waals surface area contributed by atoms with Crippen LogP contribution in [0, 0.1) is 0 Å². The van der Waals surface area contributed by atoms with Gasteiger partial charge >= 0.3 is 0 Å². The van der Waals surface area contributed by atoms with Gasteiger partial charge in [-0.25, -0.2) is 4.99 Å². The highest BCUT2D eigenvalue weighted by molar-refractivity contribution is 6.02. The number of nitrogens with zero attached hydrogens (tertiary/aromatic N) is 1.